The number of amides is 3. The van der Waals surface area contributed by atoms with Crippen LogP contribution in [-0.2, 0) is 9.53 Å². The van der Waals surface area contributed by atoms with Crippen molar-refractivity contribution in [3.63, 3.8) is 0 Å². The van der Waals surface area contributed by atoms with Gasteiger partial charge in [-0.05, 0) is 49.1 Å². The Hall–Kier alpha value is -3.13. The molecule has 3 heterocycles. The van der Waals surface area contributed by atoms with Crippen molar-refractivity contribution >= 4 is 23.4 Å². The van der Waals surface area contributed by atoms with E-state index in [4.69, 9.17) is 10.5 Å². The van der Waals surface area contributed by atoms with Crippen molar-refractivity contribution in [2.45, 2.75) is 31.7 Å². The maximum Gasteiger partial charge on any atom is 0.321 e. The summed E-state index contributed by atoms with van der Waals surface area (Å²) in [6.45, 7) is 4.58. The molecule has 2 fully saturated rings. The number of likely N-dealkylation sites (tertiary alicyclic amines) is 1. The maximum atomic E-state index is 12.5. The molecule has 8 heteroatoms. The number of ether oxygens (including phenoxy) is 1. The zero-order valence-corrected chi connectivity index (χ0v) is 17.7. The fourth-order valence-electron chi connectivity index (χ4n) is 3.95. The van der Waals surface area contributed by atoms with Gasteiger partial charge >= 0.3 is 6.03 Å². The number of pyridine rings is 1. The van der Waals surface area contributed by atoms with E-state index in [1.807, 2.05) is 37.3 Å². The molecule has 1 atom stereocenters. The van der Waals surface area contributed by atoms with Gasteiger partial charge < -0.3 is 26.0 Å². The highest BCUT2D eigenvalue weighted by Crippen LogP contribution is 2.27. The third-order valence-corrected chi connectivity index (χ3v) is 6.06. The van der Waals surface area contributed by atoms with Crippen molar-refractivity contribution in [3.05, 3.63) is 53.7 Å². The van der Waals surface area contributed by atoms with Crippen LogP contribution in [0.5, 0.6) is 0 Å². The highest BCUT2D eigenvalue weighted by atomic mass is 16.5. The van der Waals surface area contributed by atoms with Crippen LogP contribution in [-0.4, -0.2) is 48.1 Å². The predicted octanol–water partition coefficient (Wildman–Crippen LogP) is 2.90. The molecule has 8 nitrogen and oxygen atoms in total. The SMILES string of the molecule is C[C@H](NC(=O)C1CCOCC1)c1ccc(NC(=O)N2CC(c3ccc(N)nc3)C2)cc1. The number of urea groups is 1. The van der Waals surface area contributed by atoms with Crippen molar-refractivity contribution in [2.24, 2.45) is 5.92 Å². The number of nitrogens with zero attached hydrogens (tertiary/aromatic N) is 2. The number of carbonyl (C=O) groups is 2. The minimum Gasteiger partial charge on any atom is -0.384 e. The summed E-state index contributed by atoms with van der Waals surface area (Å²) >= 11 is 0. The molecule has 4 rings (SSSR count). The van der Waals surface area contributed by atoms with Crippen LogP contribution in [0.3, 0.4) is 0 Å². The van der Waals surface area contributed by atoms with Crippen LogP contribution < -0.4 is 16.4 Å². The molecule has 164 valence electrons. The number of nitrogens with one attached hydrogen (secondary N) is 2. The van der Waals surface area contributed by atoms with Gasteiger partial charge in [0.15, 0.2) is 0 Å². The van der Waals surface area contributed by atoms with E-state index in [0.29, 0.717) is 38.0 Å². The third-order valence-electron chi connectivity index (χ3n) is 6.06. The fourth-order valence-corrected chi connectivity index (χ4v) is 3.95. The number of hydrogen-bond acceptors (Lipinski definition) is 5. The molecule has 2 aromatic rings. The van der Waals surface area contributed by atoms with Crippen molar-refractivity contribution in [1.82, 2.24) is 15.2 Å². The molecule has 0 aliphatic carbocycles. The van der Waals surface area contributed by atoms with Gasteiger partial charge in [-0.25, -0.2) is 9.78 Å². The van der Waals surface area contributed by atoms with Crippen molar-refractivity contribution in [2.75, 3.05) is 37.4 Å². The van der Waals surface area contributed by atoms with Gasteiger partial charge in [-0.3, -0.25) is 4.79 Å². The first-order valence-corrected chi connectivity index (χ1v) is 10.7. The lowest BCUT2D eigenvalue weighted by Crippen LogP contribution is -2.50. The van der Waals surface area contributed by atoms with Crippen LogP contribution in [0.1, 0.15) is 42.9 Å². The van der Waals surface area contributed by atoms with Gasteiger partial charge in [0.05, 0.1) is 6.04 Å². The van der Waals surface area contributed by atoms with Gasteiger partial charge in [0.2, 0.25) is 5.91 Å². The highest BCUT2D eigenvalue weighted by molar-refractivity contribution is 5.90. The second-order valence-corrected chi connectivity index (χ2v) is 8.29. The van der Waals surface area contributed by atoms with Crippen molar-refractivity contribution in [1.29, 1.82) is 0 Å². The number of rotatable bonds is 5. The molecule has 2 aliphatic rings. The summed E-state index contributed by atoms with van der Waals surface area (Å²) in [5.41, 5.74) is 8.45. The molecule has 2 aliphatic heterocycles. The molecule has 0 saturated carbocycles. The van der Waals surface area contributed by atoms with Crippen molar-refractivity contribution in [3.8, 4) is 0 Å². The number of hydrogen-bond donors (Lipinski definition) is 3. The van der Waals surface area contributed by atoms with E-state index in [0.717, 1.165) is 29.7 Å². The summed E-state index contributed by atoms with van der Waals surface area (Å²) in [6, 6.07) is 11.1. The molecular formula is C23H29N5O3. The third kappa shape index (κ3) is 5.14. The molecule has 1 aromatic heterocycles. The number of anilines is 2. The van der Waals surface area contributed by atoms with Gasteiger partial charge in [-0.1, -0.05) is 18.2 Å². The number of nitrogens with two attached hydrogens (primary N) is 1. The molecule has 0 bridgehead atoms. The Balaban J connectivity index is 1.25. The number of carbonyl (C=O) groups excluding carboxylic acids is 2. The molecular weight excluding hydrogens is 394 g/mol. The first-order chi connectivity index (χ1) is 15.0. The number of benzene rings is 1. The molecule has 1 aromatic carbocycles. The quantitative estimate of drug-likeness (QED) is 0.685. The summed E-state index contributed by atoms with van der Waals surface area (Å²) in [5.74, 6) is 0.899. The lowest BCUT2D eigenvalue weighted by atomic mass is 9.93. The summed E-state index contributed by atoms with van der Waals surface area (Å²) < 4.78 is 5.32. The van der Waals surface area contributed by atoms with Crippen LogP contribution in [0, 0.1) is 5.92 Å². The van der Waals surface area contributed by atoms with Crippen LogP contribution in [0.25, 0.3) is 0 Å². The van der Waals surface area contributed by atoms with Crippen LogP contribution in [0.4, 0.5) is 16.3 Å². The average Bonchev–Trinajstić information content (AvgIpc) is 2.75. The topological polar surface area (TPSA) is 110 Å². The van der Waals surface area contributed by atoms with E-state index in [-0.39, 0.29) is 23.9 Å². The summed E-state index contributed by atoms with van der Waals surface area (Å²) in [5, 5.41) is 6.02. The Labute approximate surface area is 182 Å². The molecule has 3 amide bonds. The zero-order valence-electron chi connectivity index (χ0n) is 17.7. The first kappa shape index (κ1) is 21.1. The van der Waals surface area contributed by atoms with E-state index in [1.54, 1.807) is 17.2 Å². The van der Waals surface area contributed by atoms with Gasteiger partial charge in [-0.15, -0.1) is 0 Å². The smallest absolute Gasteiger partial charge is 0.321 e. The second kappa shape index (κ2) is 9.34. The molecule has 0 spiro atoms. The maximum absolute atomic E-state index is 12.5. The number of aromatic nitrogens is 1. The predicted molar refractivity (Wildman–Crippen MR) is 119 cm³/mol. The minimum absolute atomic E-state index is 0.0270. The Kier molecular flexibility index (Phi) is 6.36. The van der Waals surface area contributed by atoms with Gasteiger partial charge in [0, 0.05) is 50.0 Å². The van der Waals surface area contributed by atoms with E-state index in [2.05, 4.69) is 15.6 Å². The van der Waals surface area contributed by atoms with E-state index >= 15 is 0 Å². The largest absolute Gasteiger partial charge is 0.384 e. The average molecular weight is 424 g/mol. The molecule has 0 radical (unpaired) electrons. The van der Waals surface area contributed by atoms with E-state index in [9.17, 15) is 9.59 Å². The Bertz CT molecular complexity index is 904. The highest BCUT2D eigenvalue weighted by Gasteiger charge is 2.32. The Morgan fingerprint density at radius 2 is 1.84 bits per heavy atom. The minimum atomic E-state index is -0.117. The second-order valence-electron chi connectivity index (χ2n) is 8.29. The first-order valence-electron chi connectivity index (χ1n) is 10.7. The lowest BCUT2D eigenvalue weighted by molar-refractivity contribution is -0.128. The summed E-state index contributed by atoms with van der Waals surface area (Å²) in [6.07, 6.45) is 3.32. The van der Waals surface area contributed by atoms with Gasteiger partial charge in [-0.2, -0.15) is 0 Å². The van der Waals surface area contributed by atoms with E-state index in [1.165, 1.54) is 0 Å². The summed E-state index contributed by atoms with van der Waals surface area (Å²) in [7, 11) is 0. The van der Waals surface area contributed by atoms with Crippen LogP contribution in [0.15, 0.2) is 42.6 Å². The molecule has 4 N–H and O–H groups in total. The molecule has 31 heavy (non-hydrogen) atoms. The molecule has 2 saturated heterocycles. The Morgan fingerprint density at radius 1 is 1.13 bits per heavy atom. The Morgan fingerprint density at radius 3 is 2.48 bits per heavy atom. The van der Waals surface area contributed by atoms with Gasteiger partial charge in [0.1, 0.15) is 5.82 Å². The van der Waals surface area contributed by atoms with Crippen LogP contribution in [0.2, 0.25) is 0 Å². The summed E-state index contributed by atoms with van der Waals surface area (Å²) in [4.78, 5) is 30.8. The number of nitrogen functional groups attached to an aromatic ring is 1. The lowest BCUT2D eigenvalue weighted by Gasteiger charge is -2.39. The fraction of sp³-hybridized carbons (Fsp3) is 0.435. The van der Waals surface area contributed by atoms with Crippen LogP contribution >= 0.6 is 0 Å². The standard InChI is InChI=1S/C23H29N5O3/c1-15(26-22(29)17-8-10-31-11-9-17)16-2-5-20(6-3-16)27-23(30)28-13-19(14-28)18-4-7-21(24)25-12-18/h2-7,12,15,17,19H,8-11,13-14H2,1H3,(H2,24,25)(H,26,29)(H,27,30)/t15-/m0/s1. The normalized spacial score (nSPS) is 18.2. The monoisotopic (exact) mass is 423 g/mol. The zero-order chi connectivity index (χ0) is 21.8. The van der Waals surface area contributed by atoms with Crippen molar-refractivity contribution < 1.29 is 14.3 Å². The van der Waals surface area contributed by atoms with E-state index < -0.39 is 0 Å². The molecule has 0 unspecified atom stereocenters. The van der Waals surface area contributed by atoms with Gasteiger partial charge in [0.25, 0.3) is 0 Å².